The summed E-state index contributed by atoms with van der Waals surface area (Å²) in [6, 6.07) is 15.8. The minimum Gasteiger partial charge on any atom is -0.462 e. The van der Waals surface area contributed by atoms with Crippen LogP contribution in [0, 0.1) is 18.3 Å². The molecule has 2 fully saturated rings. The number of hydrogen-bond donors (Lipinski definition) is 0. The van der Waals surface area contributed by atoms with Crippen molar-refractivity contribution >= 4 is 28.2 Å². The number of ether oxygens (including phenoxy) is 2. The van der Waals surface area contributed by atoms with Crippen LogP contribution in [0.2, 0.25) is 0 Å². The van der Waals surface area contributed by atoms with Crippen molar-refractivity contribution in [3.8, 4) is 12.1 Å². The summed E-state index contributed by atoms with van der Waals surface area (Å²) in [5, 5.41) is 12.2. The predicted octanol–water partition coefficient (Wildman–Crippen LogP) is 4.11. The van der Waals surface area contributed by atoms with Crippen molar-refractivity contribution in [1.29, 1.82) is 5.26 Å². The van der Waals surface area contributed by atoms with E-state index in [0.717, 1.165) is 43.0 Å². The van der Waals surface area contributed by atoms with Crippen LogP contribution in [0.5, 0.6) is 6.01 Å². The molecule has 0 N–H and O–H groups in total. The van der Waals surface area contributed by atoms with E-state index in [1.165, 1.54) is 28.4 Å². The zero-order valence-electron chi connectivity index (χ0n) is 26.6. The fraction of sp³-hybridized carbons (Fsp3) is 0.486. The third kappa shape index (κ3) is 6.60. The zero-order valence-corrected chi connectivity index (χ0v) is 26.6. The normalized spacial score (nSPS) is 20.5. The molecule has 3 aliphatic rings. The first-order chi connectivity index (χ1) is 22.0. The standard InChI is InChI=1S/C35H43N7O3/c1-25-8-4-9-26-10-5-12-31(33(25)26)40-18-15-29-30(23-40)37-35(45-24-28-11-6-17-39(28)2)38-34(29)41-19-20-42(27(22-41)14-16-36)32(43)13-7-21-44-3/h4-5,7-10,12-13,27-28H,6,11,14-15,17-24H2,1-3H3/b13-7+/t27-,28?/m0/s1. The lowest BCUT2D eigenvalue weighted by Gasteiger charge is -2.42. The second-order valence-corrected chi connectivity index (χ2v) is 12.3. The first-order valence-corrected chi connectivity index (χ1v) is 16.0. The number of amides is 1. The Balaban J connectivity index is 1.31. The summed E-state index contributed by atoms with van der Waals surface area (Å²) in [6.45, 7) is 7.32. The summed E-state index contributed by atoms with van der Waals surface area (Å²) in [5.41, 5.74) is 4.58. The third-order valence-electron chi connectivity index (χ3n) is 9.45. The quantitative estimate of drug-likeness (QED) is 0.332. The minimum atomic E-state index is -0.246. The fourth-order valence-corrected chi connectivity index (χ4v) is 7.01. The van der Waals surface area contributed by atoms with Crippen LogP contribution in [0.25, 0.3) is 10.8 Å². The molecule has 4 heterocycles. The number of fused-ring (bicyclic) bond motifs is 2. The van der Waals surface area contributed by atoms with E-state index in [1.807, 2.05) is 0 Å². The molecule has 1 unspecified atom stereocenters. The Morgan fingerprint density at radius 3 is 2.71 bits per heavy atom. The van der Waals surface area contributed by atoms with Crippen LogP contribution in [0.4, 0.5) is 11.5 Å². The highest BCUT2D eigenvalue weighted by Gasteiger charge is 2.34. The first-order valence-electron chi connectivity index (χ1n) is 16.0. The molecule has 10 heteroatoms. The maximum absolute atomic E-state index is 13.0. The molecule has 3 aliphatic heterocycles. The second-order valence-electron chi connectivity index (χ2n) is 12.3. The smallest absolute Gasteiger partial charge is 0.318 e. The summed E-state index contributed by atoms with van der Waals surface area (Å²) in [7, 11) is 3.74. The Hall–Kier alpha value is -4.20. The fourth-order valence-electron chi connectivity index (χ4n) is 7.01. The van der Waals surface area contributed by atoms with Crippen molar-refractivity contribution in [1.82, 2.24) is 19.8 Å². The van der Waals surface area contributed by atoms with E-state index < -0.39 is 0 Å². The molecule has 1 amide bonds. The van der Waals surface area contributed by atoms with Gasteiger partial charge in [0.05, 0.1) is 37.4 Å². The number of carbonyl (C=O) groups excluding carboxylic acids is 1. The van der Waals surface area contributed by atoms with Gasteiger partial charge in [-0.15, -0.1) is 0 Å². The number of methoxy groups -OCH3 is 1. The number of hydrogen-bond acceptors (Lipinski definition) is 9. The Morgan fingerprint density at radius 1 is 1.09 bits per heavy atom. The van der Waals surface area contributed by atoms with Gasteiger partial charge >= 0.3 is 6.01 Å². The lowest BCUT2D eigenvalue weighted by molar-refractivity contribution is -0.128. The van der Waals surface area contributed by atoms with Gasteiger partial charge in [-0.3, -0.25) is 4.79 Å². The van der Waals surface area contributed by atoms with Gasteiger partial charge in [0, 0.05) is 62.0 Å². The van der Waals surface area contributed by atoms with Crippen LogP contribution in [-0.4, -0.2) is 97.9 Å². The van der Waals surface area contributed by atoms with E-state index in [4.69, 9.17) is 19.4 Å². The third-order valence-corrected chi connectivity index (χ3v) is 9.45. The van der Waals surface area contributed by atoms with Crippen molar-refractivity contribution in [3.63, 3.8) is 0 Å². The minimum absolute atomic E-state index is 0.0950. The molecule has 236 valence electrons. The van der Waals surface area contributed by atoms with Gasteiger partial charge in [-0.25, -0.2) is 0 Å². The number of likely N-dealkylation sites (N-methyl/N-ethyl adjacent to an activating group) is 1. The van der Waals surface area contributed by atoms with Crippen LogP contribution < -0.4 is 14.5 Å². The van der Waals surface area contributed by atoms with Crippen LogP contribution in [0.3, 0.4) is 0 Å². The Kier molecular flexibility index (Phi) is 9.47. The SMILES string of the molecule is COC/C=C/C(=O)N1CCN(c2nc(OCC3CCCN3C)nc3c2CCN(c2cccc4cccc(C)c24)C3)C[C@@H]1CC#N. The Bertz CT molecular complexity index is 1600. The number of carbonyl (C=O) groups is 1. The molecule has 0 spiro atoms. The number of likely N-dealkylation sites (tertiary alicyclic amines) is 1. The highest BCUT2D eigenvalue weighted by Crippen LogP contribution is 2.36. The Labute approximate surface area is 265 Å². The average Bonchev–Trinajstić information content (AvgIpc) is 3.47. The second kappa shape index (κ2) is 13.8. The molecule has 0 radical (unpaired) electrons. The van der Waals surface area contributed by atoms with E-state index in [0.29, 0.717) is 51.4 Å². The molecule has 3 aromatic rings. The summed E-state index contributed by atoms with van der Waals surface area (Å²) in [6.07, 6.45) is 6.58. The van der Waals surface area contributed by atoms with Crippen LogP contribution in [0.15, 0.2) is 48.6 Å². The van der Waals surface area contributed by atoms with E-state index in [1.54, 1.807) is 24.2 Å². The number of rotatable bonds is 9. The molecule has 1 aromatic heterocycles. The molecule has 10 nitrogen and oxygen atoms in total. The van der Waals surface area contributed by atoms with Crippen LogP contribution >= 0.6 is 0 Å². The van der Waals surface area contributed by atoms with E-state index >= 15 is 0 Å². The van der Waals surface area contributed by atoms with Crippen molar-refractivity contribution < 1.29 is 14.3 Å². The summed E-state index contributed by atoms with van der Waals surface area (Å²) in [5.74, 6) is 0.774. The van der Waals surface area contributed by atoms with E-state index in [9.17, 15) is 10.1 Å². The van der Waals surface area contributed by atoms with Gasteiger partial charge in [-0.1, -0.05) is 36.4 Å². The summed E-state index contributed by atoms with van der Waals surface area (Å²) in [4.78, 5) is 31.8. The molecule has 6 rings (SSSR count). The first kappa shape index (κ1) is 30.8. The zero-order chi connectivity index (χ0) is 31.3. The average molecular weight is 610 g/mol. The van der Waals surface area contributed by atoms with Gasteiger partial charge in [0.25, 0.3) is 0 Å². The maximum atomic E-state index is 13.0. The number of nitriles is 1. The lowest BCUT2D eigenvalue weighted by Crippen LogP contribution is -2.55. The van der Waals surface area contributed by atoms with E-state index in [2.05, 4.69) is 71.1 Å². The predicted molar refractivity (Wildman–Crippen MR) is 176 cm³/mol. The van der Waals surface area contributed by atoms with Gasteiger partial charge in [0.1, 0.15) is 12.4 Å². The molecule has 0 aliphatic carbocycles. The molecule has 0 bridgehead atoms. The van der Waals surface area contributed by atoms with Gasteiger partial charge < -0.3 is 29.1 Å². The van der Waals surface area contributed by atoms with E-state index in [-0.39, 0.29) is 18.4 Å². The highest BCUT2D eigenvalue weighted by atomic mass is 16.5. The molecular formula is C35H43N7O3. The highest BCUT2D eigenvalue weighted by molar-refractivity contribution is 5.97. The molecule has 2 aromatic carbocycles. The van der Waals surface area contributed by atoms with Gasteiger partial charge in [0.2, 0.25) is 5.91 Å². The van der Waals surface area contributed by atoms with Gasteiger partial charge in [-0.2, -0.15) is 15.2 Å². The van der Waals surface area contributed by atoms with Gasteiger partial charge in [0.15, 0.2) is 0 Å². The van der Waals surface area contributed by atoms with Gasteiger partial charge in [-0.05, 0) is 56.8 Å². The topological polar surface area (TPSA) is 98.1 Å². The number of piperazine rings is 1. The van der Waals surface area contributed by atoms with Crippen molar-refractivity contribution in [3.05, 3.63) is 65.4 Å². The molecule has 45 heavy (non-hydrogen) atoms. The molecule has 0 saturated carbocycles. The number of anilines is 2. The summed E-state index contributed by atoms with van der Waals surface area (Å²) < 4.78 is 11.4. The lowest BCUT2D eigenvalue weighted by atomic mass is 9.99. The largest absolute Gasteiger partial charge is 0.462 e. The van der Waals surface area contributed by atoms with Crippen molar-refractivity contribution in [2.75, 3.05) is 69.9 Å². The number of aryl methyl sites for hydroxylation is 1. The molecular weight excluding hydrogens is 566 g/mol. The molecule has 2 atom stereocenters. The number of aromatic nitrogens is 2. The number of nitrogens with zero attached hydrogens (tertiary/aromatic N) is 7. The van der Waals surface area contributed by atoms with Crippen molar-refractivity contribution in [2.24, 2.45) is 0 Å². The Morgan fingerprint density at radius 2 is 1.93 bits per heavy atom. The van der Waals surface area contributed by atoms with Crippen LogP contribution in [-0.2, 0) is 22.5 Å². The van der Waals surface area contributed by atoms with Crippen molar-refractivity contribution in [2.45, 2.75) is 51.2 Å². The maximum Gasteiger partial charge on any atom is 0.318 e. The molecule has 2 saturated heterocycles. The van der Waals surface area contributed by atoms with Crippen LogP contribution in [0.1, 0.15) is 36.1 Å². The number of benzene rings is 2. The monoisotopic (exact) mass is 609 g/mol. The summed E-state index contributed by atoms with van der Waals surface area (Å²) >= 11 is 0.